The Hall–Kier alpha value is -5.27. The molecule has 0 amide bonds. The molecular weight excluding hydrogens is 653 g/mol. The summed E-state index contributed by atoms with van der Waals surface area (Å²) in [4.78, 5) is 44.3. The predicted octanol–water partition coefficient (Wildman–Crippen LogP) is 3.16. The molecule has 1 fully saturated rings. The van der Waals surface area contributed by atoms with Gasteiger partial charge in [0.05, 0.1) is 30.8 Å². The van der Waals surface area contributed by atoms with Gasteiger partial charge in [-0.25, -0.2) is 30.7 Å². The van der Waals surface area contributed by atoms with E-state index in [1.54, 1.807) is 0 Å². The number of pyridine rings is 1. The van der Waals surface area contributed by atoms with Crippen molar-refractivity contribution < 1.29 is 41.0 Å². The summed E-state index contributed by atoms with van der Waals surface area (Å²) < 4.78 is 73.4. The van der Waals surface area contributed by atoms with Crippen LogP contribution in [0.3, 0.4) is 0 Å². The smallest absolute Gasteiger partial charge is 0.341 e. The molecule has 1 aliphatic rings. The Morgan fingerprint density at radius 1 is 0.957 bits per heavy atom. The quantitative estimate of drug-likeness (QED) is 0.164. The van der Waals surface area contributed by atoms with Gasteiger partial charge < -0.3 is 9.67 Å². The van der Waals surface area contributed by atoms with E-state index >= 15 is 4.39 Å². The van der Waals surface area contributed by atoms with Gasteiger partial charge in [-0.15, -0.1) is 0 Å². The number of rotatable bonds is 12. The Bertz CT molecular complexity index is 2180. The van der Waals surface area contributed by atoms with E-state index in [1.165, 1.54) is 4.57 Å². The maximum Gasteiger partial charge on any atom is 0.341 e. The molecule has 240 valence electrons. The number of aromatic nitrogens is 1. The minimum Gasteiger partial charge on any atom is -0.477 e. The van der Waals surface area contributed by atoms with Crippen molar-refractivity contribution in [3.63, 3.8) is 0 Å². The van der Waals surface area contributed by atoms with Gasteiger partial charge in [-0.1, -0.05) is 0 Å². The molecule has 0 saturated heterocycles. The van der Waals surface area contributed by atoms with Crippen molar-refractivity contribution in [2.75, 3.05) is 17.4 Å². The van der Waals surface area contributed by atoms with Crippen molar-refractivity contribution in [1.29, 1.82) is 0 Å². The van der Waals surface area contributed by atoms with Crippen molar-refractivity contribution in [3.05, 3.63) is 109 Å². The number of aromatic carboxylic acids is 1. The van der Waals surface area contributed by atoms with Crippen LogP contribution < -0.4 is 14.5 Å². The monoisotopic (exact) mass is 675 g/mol. The number of nitrogens with one attached hydrogen (secondary N) is 1. The summed E-state index contributed by atoms with van der Waals surface area (Å²) in [5.74, 6) is -2.79. The standard InChI is InChI=1S/C27H22FN5O11S2/c28-23-13-21-24(30(16-1-2-16)15-22(26(21)34)27(35)36)14-25(23)31(46(43,44)20-9-5-18(6-10-20)33(39)40)12-11-29-45(41,42)19-7-3-17(4-8-19)32(37)38/h3-10,13-16,29H,1-2,11-12H2,(H,35,36). The molecule has 0 spiro atoms. The topological polar surface area (TPSA) is 229 Å². The summed E-state index contributed by atoms with van der Waals surface area (Å²) >= 11 is 0. The normalized spacial score (nSPS) is 13.4. The zero-order valence-electron chi connectivity index (χ0n) is 23.3. The molecule has 1 saturated carbocycles. The maximum atomic E-state index is 15.8. The fourth-order valence-corrected chi connectivity index (χ4v) is 7.19. The molecule has 0 bridgehead atoms. The van der Waals surface area contributed by atoms with Crippen LogP contribution in [0.2, 0.25) is 0 Å². The van der Waals surface area contributed by atoms with Gasteiger partial charge in [0.2, 0.25) is 15.5 Å². The molecule has 3 aromatic carbocycles. The van der Waals surface area contributed by atoms with Gasteiger partial charge >= 0.3 is 5.97 Å². The molecule has 1 heterocycles. The van der Waals surface area contributed by atoms with E-state index in [9.17, 15) is 51.8 Å². The number of halogens is 1. The van der Waals surface area contributed by atoms with Gasteiger partial charge in [0.15, 0.2) is 0 Å². The molecule has 4 aromatic rings. The van der Waals surface area contributed by atoms with Crippen molar-refractivity contribution in [1.82, 2.24) is 9.29 Å². The van der Waals surface area contributed by atoms with E-state index in [-0.39, 0.29) is 27.5 Å². The number of benzene rings is 3. The molecule has 19 heteroatoms. The fraction of sp³-hybridized carbons (Fsp3) is 0.185. The second kappa shape index (κ2) is 11.9. The van der Waals surface area contributed by atoms with Gasteiger partial charge in [0, 0.05) is 55.0 Å². The summed E-state index contributed by atoms with van der Waals surface area (Å²) in [6.07, 6.45) is 2.32. The van der Waals surface area contributed by atoms with Crippen molar-refractivity contribution in [3.8, 4) is 0 Å². The number of sulfonamides is 2. The summed E-state index contributed by atoms with van der Waals surface area (Å²) in [7, 11) is -9.10. The van der Waals surface area contributed by atoms with Crippen LogP contribution in [0.5, 0.6) is 0 Å². The zero-order chi connectivity index (χ0) is 33.6. The summed E-state index contributed by atoms with van der Waals surface area (Å²) in [6, 6.07) is 9.02. The second-order valence-electron chi connectivity index (χ2n) is 10.1. The highest BCUT2D eigenvalue weighted by Crippen LogP contribution is 2.39. The van der Waals surface area contributed by atoms with Crippen LogP contribution in [0.25, 0.3) is 10.9 Å². The number of non-ortho nitro benzene ring substituents is 2. The number of nitro benzene ring substituents is 2. The zero-order valence-corrected chi connectivity index (χ0v) is 24.9. The Kier molecular flexibility index (Phi) is 8.32. The molecule has 2 N–H and O–H groups in total. The number of nitrogens with zero attached hydrogens (tertiary/aromatic N) is 4. The lowest BCUT2D eigenvalue weighted by Gasteiger charge is -2.26. The number of carboxylic acids is 1. The van der Waals surface area contributed by atoms with E-state index in [1.807, 2.05) is 0 Å². The number of fused-ring (bicyclic) bond motifs is 1. The lowest BCUT2D eigenvalue weighted by molar-refractivity contribution is -0.385. The maximum absolute atomic E-state index is 15.8. The first kappa shape index (κ1) is 32.1. The Morgan fingerprint density at radius 3 is 2.00 bits per heavy atom. The Balaban J connectivity index is 1.59. The second-order valence-corrected chi connectivity index (χ2v) is 13.7. The van der Waals surface area contributed by atoms with Crippen LogP contribution in [0.15, 0.2) is 81.4 Å². The molecule has 0 radical (unpaired) electrons. The molecule has 0 aliphatic heterocycles. The molecule has 1 aliphatic carbocycles. The Morgan fingerprint density at radius 2 is 1.50 bits per heavy atom. The minimum atomic E-state index is -4.75. The van der Waals surface area contributed by atoms with Crippen LogP contribution in [0.4, 0.5) is 21.5 Å². The first-order valence-electron chi connectivity index (χ1n) is 13.2. The lowest BCUT2D eigenvalue weighted by Crippen LogP contribution is -2.39. The molecule has 46 heavy (non-hydrogen) atoms. The van der Waals surface area contributed by atoms with Crippen molar-refractivity contribution >= 4 is 54.0 Å². The van der Waals surface area contributed by atoms with Crippen LogP contribution in [-0.4, -0.2) is 55.4 Å². The van der Waals surface area contributed by atoms with E-state index < -0.39 is 82.0 Å². The third-order valence-electron chi connectivity index (χ3n) is 7.14. The third-order valence-corrected chi connectivity index (χ3v) is 10.4. The predicted molar refractivity (Wildman–Crippen MR) is 159 cm³/mol. The average Bonchev–Trinajstić information content (AvgIpc) is 3.85. The average molecular weight is 676 g/mol. The first-order valence-corrected chi connectivity index (χ1v) is 16.2. The van der Waals surface area contributed by atoms with Gasteiger partial charge in [-0.3, -0.25) is 29.3 Å². The van der Waals surface area contributed by atoms with E-state index in [0.29, 0.717) is 23.2 Å². The highest BCUT2D eigenvalue weighted by Gasteiger charge is 2.32. The van der Waals surface area contributed by atoms with Gasteiger partial charge in [-0.05, 0) is 49.2 Å². The highest BCUT2D eigenvalue weighted by atomic mass is 32.2. The van der Waals surface area contributed by atoms with Crippen LogP contribution >= 0.6 is 0 Å². The number of anilines is 1. The molecule has 0 atom stereocenters. The van der Waals surface area contributed by atoms with E-state index in [0.717, 1.165) is 60.8 Å². The lowest BCUT2D eigenvalue weighted by atomic mass is 10.1. The van der Waals surface area contributed by atoms with Gasteiger partial charge in [0.25, 0.3) is 21.4 Å². The van der Waals surface area contributed by atoms with Crippen LogP contribution in [0, 0.1) is 26.0 Å². The summed E-state index contributed by atoms with van der Waals surface area (Å²) in [6.45, 7) is -1.37. The largest absolute Gasteiger partial charge is 0.477 e. The van der Waals surface area contributed by atoms with Crippen molar-refractivity contribution in [2.24, 2.45) is 0 Å². The summed E-state index contributed by atoms with van der Waals surface area (Å²) in [5.41, 5.74) is -2.98. The molecule has 0 unspecified atom stereocenters. The number of hydrogen-bond acceptors (Lipinski definition) is 10. The number of carbonyl (C=O) groups is 1. The van der Waals surface area contributed by atoms with Crippen molar-refractivity contribution in [2.45, 2.75) is 28.7 Å². The molecule has 1 aromatic heterocycles. The number of nitro groups is 2. The number of hydrogen-bond donors (Lipinski definition) is 2. The highest BCUT2D eigenvalue weighted by molar-refractivity contribution is 7.92. The fourth-order valence-electron chi connectivity index (χ4n) is 4.71. The van der Waals surface area contributed by atoms with Crippen LogP contribution in [-0.2, 0) is 20.0 Å². The van der Waals surface area contributed by atoms with Gasteiger partial charge in [0.1, 0.15) is 11.4 Å². The SMILES string of the molecule is O=C(O)c1cn(C2CC2)c2cc(N(CCNS(=O)(=O)c3ccc([N+](=O)[O-])cc3)S(=O)(=O)c3ccc([N+](=O)[O-])cc3)c(F)cc2c1=O. The Labute approximate surface area is 258 Å². The molecular formula is C27H22FN5O11S2. The summed E-state index contributed by atoms with van der Waals surface area (Å²) in [5, 5.41) is 31.2. The van der Waals surface area contributed by atoms with E-state index in [2.05, 4.69) is 4.72 Å². The molecule has 16 nitrogen and oxygen atoms in total. The van der Waals surface area contributed by atoms with Gasteiger partial charge in [-0.2, -0.15) is 0 Å². The first-order chi connectivity index (χ1) is 21.6. The minimum absolute atomic E-state index is 0.0317. The van der Waals surface area contributed by atoms with Crippen LogP contribution in [0.1, 0.15) is 29.2 Å². The van der Waals surface area contributed by atoms with E-state index in [4.69, 9.17) is 0 Å². The number of carboxylic acid groups (broad SMARTS) is 1. The third kappa shape index (κ3) is 6.14. The molecule has 5 rings (SSSR count).